The van der Waals surface area contributed by atoms with Crippen LogP contribution in [-0.4, -0.2) is 34.1 Å². The molecule has 1 aromatic heterocycles. The van der Waals surface area contributed by atoms with E-state index in [2.05, 4.69) is 22.1 Å². The average molecular weight is 235 g/mol. The highest BCUT2D eigenvalue weighted by atomic mass is 15.5. The summed E-state index contributed by atoms with van der Waals surface area (Å²) < 4.78 is 1.98. The predicted octanol–water partition coefficient (Wildman–Crippen LogP) is 0.862. The fourth-order valence-corrected chi connectivity index (χ4v) is 3.38. The molecule has 1 aliphatic heterocycles. The summed E-state index contributed by atoms with van der Waals surface area (Å²) in [4.78, 5) is 2.44. The zero-order chi connectivity index (χ0) is 11.8. The number of anilines is 1. The van der Waals surface area contributed by atoms with Crippen LogP contribution < -0.4 is 10.6 Å². The lowest BCUT2D eigenvalue weighted by Gasteiger charge is -2.27. The number of aryl methyl sites for hydroxylation is 1. The number of nitrogens with zero attached hydrogens (tertiary/aromatic N) is 4. The van der Waals surface area contributed by atoms with Crippen molar-refractivity contribution in [1.29, 1.82) is 0 Å². The number of aromatic nitrogens is 3. The Bertz CT molecular complexity index is 388. The van der Waals surface area contributed by atoms with E-state index in [1.54, 1.807) is 0 Å². The third-order valence-corrected chi connectivity index (χ3v) is 4.31. The van der Waals surface area contributed by atoms with Crippen molar-refractivity contribution in [2.75, 3.05) is 18.0 Å². The van der Waals surface area contributed by atoms with Crippen molar-refractivity contribution in [3.05, 3.63) is 6.20 Å². The van der Waals surface area contributed by atoms with Gasteiger partial charge in [0.25, 0.3) is 0 Å². The Morgan fingerprint density at radius 3 is 3.00 bits per heavy atom. The van der Waals surface area contributed by atoms with Crippen molar-refractivity contribution >= 4 is 5.82 Å². The van der Waals surface area contributed by atoms with Crippen LogP contribution in [0.4, 0.5) is 5.82 Å². The molecule has 1 unspecified atom stereocenters. The molecule has 2 fully saturated rings. The van der Waals surface area contributed by atoms with E-state index in [1.165, 1.54) is 25.1 Å². The van der Waals surface area contributed by atoms with Crippen LogP contribution in [0.3, 0.4) is 0 Å². The summed E-state index contributed by atoms with van der Waals surface area (Å²) in [7, 11) is 0. The Hall–Kier alpha value is -1.10. The first kappa shape index (κ1) is 11.0. The maximum absolute atomic E-state index is 6.06. The van der Waals surface area contributed by atoms with Gasteiger partial charge in [-0.1, -0.05) is 5.21 Å². The van der Waals surface area contributed by atoms with E-state index in [4.69, 9.17) is 5.73 Å². The fourth-order valence-electron chi connectivity index (χ4n) is 3.38. The lowest BCUT2D eigenvalue weighted by molar-refractivity contribution is 0.271. The Morgan fingerprint density at radius 2 is 2.18 bits per heavy atom. The summed E-state index contributed by atoms with van der Waals surface area (Å²) in [5.41, 5.74) is 6.06. The minimum absolute atomic E-state index is 0.422. The summed E-state index contributed by atoms with van der Waals surface area (Å²) in [5.74, 6) is 2.78. The molecule has 1 saturated carbocycles. The molecule has 0 amide bonds. The van der Waals surface area contributed by atoms with Gasteiger partial charge >= 0.3 is 0 Å². The molecule has 0 aromatic carbocycles. The summed E-state index contributed by atoms with van der Waals surface area (Å²) in [6.45, 7) is 5.29. The molecular formula is C12H21N5. The van der Waals surface area contributed by atoms with Crippen LogP contribution in [0.5, 0.6) is 0 Å². The van der Waals surface area contributed by atoms with Crippen LogP contribution in [0, 0.1) is 11.8 Å². The number of fused-ring (bicyclic) bond motifs is 1. The van der Waals surface area contributed by atoms with Gasteiger partial charge in [-0.2, -0.15) is 0 Å². The minimum atomic E-state index is 0.422. The minimum Gasteiger partial charge on any atom is -0.355 e. The van der Waals surface area contributed by atoms with E-state index in [-0.39, 0.29) is 0 Å². The van der Waals surface area contributed by atoms with Gasteiger partial charge in [-0.15, -0.1) is 5.10 Å². The van der Waals surface area contributed by atoms with E-state index >= 15 is 0 Å². The van der Waals surface area contributed by atoms with Crippen molar-refractivity contribution < 1.29 is 0 Å². The average Bonchev–Trinajstić information content (AvgIpc) is 2.93. The van der Waals surface area contributed by atoms with Crippen molar-refractivity contribution in [2.24, 2.45) is 17.6 Å². The third-order valence-electron chi connectivity index (χ3n) is 4.31. The molecule has 5 heteroatoms. The van der Waals surface area contributed by atoms with Gasteiger partial charge in [0, 0.05) is 25.7 Å². The Kier molecular flexibility index (Phi) is 2.78. The van der Waals surface area contributed by atoms with Crippen molar-refractivity contribution in [2.45, 2.75) is 38.8 Å². The van der Waals surface area contributed by atoms with Crippen LogP contribution in [0.25, 0.3) is 0 Å². The molecular weight excluding hydrogens is 214 g/mol. The quantitative estimate of drug-likeness (QED) is 0.826. The zero-order valence-electron chi connectivity index (χ0n) is 10.4. The molecule has 3 rings (SSSR count). The fraction of sp³-hybridized carbons (Fsp3) is 0.833. The smallest absolute Gasteiger partial charge is 0.147 e. The molecule has 5 nitrogen and oxygen atoms in total. The Morgan fingerprint density at radius 1 is 1.35 bits per heavy atom. The molecule has 0 bridgehead atoms. The van der Waals surface area contributed by atoms with Gasteiger partial charge in [0.15, 0.2) is 0 Å². The lowest BCUT2D eigenvalue weighted by Crippen LogP contribution is -2.32. The second kappa shape index (κ2) is 4.29. The predicted molar refractivity (Wildman–Crippen MR) is 66.7 cm³/mol. The summed E-state index contributed by atoms with van der Waals surface area (Å²) in [5, 5.41) is 8.13. The summed E-state index contributed by atoms with van der Waals surface area (Å²) in [6, 6.07) is 0.422. The molecule has 0 spiro atoms. The van der Waals surface area contributed by atoms with Gasteiger partial charge in [0.05, 0.1) is 6.20 Å². The molecule has 94 valence electrons. The molecule has 1 aromatic rings. The second-order valence-electron chi connectivity index (χ2n) is 5.41. The van der Waals surface area contributed by atoms with Crippen LogP contribution in [-0.2, 0) is 6.54 Å². The molecule has 1 aliphatic carbocycles. The molecule has 1 saturated heterocycles. The Balaban J connectivity index is 1.75. The van der Waals surface area contributed by atoms with Gasteiger partial charge in [-0.05, 0) is 38.0 Å². The largest absolute Gasteiger partial charge is 0.355 e. The first-order valence-electron chi connectivity index (χ1n) is 6.67. The van der Waals surface area contributed by atoms with Gasteiger partial charge < -0.3 is 10.6 Å². The molecule has 2 N–H and O–H groups in total. The van der Waals surface area contributed by atoms with Crippen LogP contribution in [0.1, 0.15) is 26.2 Å². The number of hydrogen-bond acceptors (Lipinski definition) is 4. The normalized spacial score (nSPS) is 32.8. The maximum Gasteiger partial charge on any atom is 0.147 e. The van der Waals surface area contributed by atoms with Gasteiger partial charge in [0.2, 0.25) is 0 Å². The van der Waals surface area contributed by atoms with E-state index in [0.29, 0.717) is 6.04 Å². The molecule has 2 heterocycles. The van der Waals surface area contributed by atoms with Gasteiger partial charge in [0.1, 0.15) is 5.82 Å². The monoisotopic (exact) mass is 235 g/mol. The second-order valence-corrected chi connectivity index (χ2v) is 5.41. The first-order valence-corrected chi connectivity index (χ1v) is 6.67. The highest BCUT2D eigenvalue weighted by molar-refractivity contribution is 5.38. The molecule has 0 radical (unpaired) electrons. The molecule has 2 aliphatic rings. The zero-order valence-corrected chi connectivity index (χ0v) is 10.4. The highest BCUT2D eigenvalue weighted by Gasteiger charge is 2.37. The number of hydrogen-bond donors (Lipinski definition) is 1. The van der Waals surface area contributed by atoms with Gasteiger partial charge in [-0.25, -0.2) is 4.68 Å². The number of rotatable bonds is 2. The number of nitrogens with two attached hydrogens (primary N) is 1. The van der Waals surface area contributed by atoms with Crippen LogP contribution in [0.15, 0.2) is 6.20 Å². The van der Waals surface area contributed by atoms with Crippen LogP contribution in [0.2, 0.25) is 0 Å². The van der Waals surface area contributed by atoms with Gasteiger partial charge in [-0.3, -0.25) is 0 Å². The van der Waals surface area contributed by atoms with Crippen molar-refractivity contribution in [1.82, 2.24) is 15.0 Å². The first-order chi connectivity index (χ1) is 8.28. The SMILES string of the molecule is CCn1nncc1N1C[C@H]2CCC(N)C[C@H]2C1. The topological polar surface area (TPSA) is 60.0 Å². The van der Waals surface area contributed by atoms with E-state index in [1.807, 2.05) is 10.9 Å². The standard InChI is InChI=1S/C12H21N5/c1-2-17-12(6-14-15-17)16-7-9-3-4-11(13)5-10(9)8-16/h6,9-11H,2-5,7-8,13H2,1H3/t9-,10+,11?/m1/s1. The Labute approximate surface area is 102 Å². The highest BCUT2D eigenvalue weighted by Crippen LogP contribution is 2.37. The van der Waals surface area contributed by atoms with Crippen molar-refractivity contribution in [3.63, 3.8) is 0 Å². The summed E-state index contributed by atoms with van der Waals surface area (Å²) in [6.07, 6.45) is 5.56. The molecule has 17 heavy (non-hydrogen) atoms. The third kappa shape index (κ3) is 1.92. The molecule has 3 atom stereocenters. The van der Waals surface area contributed by atoms with Crippen molar-refractivity contribution in [3.8, 4) is 0 Å². The summed E-state index contributed by atoms with van der Waals surface area (Å²) >= 11 is 0. The lowest BCUT2D eigenvalue weighted by atomic mass is 9.79. The van der Waals surface area contributed by atoms with E-state index in [9.17, 15) is 0 Å². The maximum atomic E-state index is 6.06. The van der Waals surface area contributed by atoms with E-state index in [0.717, 1.165) is 31.5 Å². The van der Waals surface area contributed by atoms with E-state index < -0.39 is 0 Å². The van der Waals surface area contributed by atoms with Crippen LogP contribution >= 0.6 is 0 Å².